The molecule has 1 aliphatic heterocycles. The van der Waals surface area contributed by atoms with Gasteiger partial charge in [-0.25, -0.2) is 10.4 Å². The largest absolute Gasteiger partial charge is 0.368 e. The molecule has 0 aromatic carbocycles. The Labute approximate surface area is 102 Å². The Kier molecular flexibility index (Phi) is 4.13. The van der Waals surface area contributed by atoms with Crippen LogP contribution < -0.4 is 21.5 Å². The fourth-order valence-electron chi connectivity index (χ4n) is 1.88. The minimum Gasteiger partial charge on any atom is -0.368 e. The third-order valence-electron chi connectivity index (χ3n) is 2.99. The van der Waals surface area contributed by atoms with E-state index < -0.39 is 0 Å². The average Bonchev–Trinajstić information content (AvgIpc) is 2.38. The van der Waals surface area contributed by atoms with Crippen LogP contribution >= 0.6 is 0 Å². The van der Waals surface area contributed by atoms with E-state index in [2.05, 4.69) is 38.6 Å². The van der Waals surface area contributed by atoms with Crippen molar-refractivity contribution in [2.24, 2.45) is 5.84 Å². The van der Waals surface area contributed by atoms with Crippen molar-refractivity contribution in [1.29, 1.82) is 0 Å². The van der Waals surface area contributed by atoms with Crippen LogP contribution in [-0.4, -0.2) is 49.8 Å². The molecule has 94 valence electrons. The van der Waals surface area contributed by atoms with Gasteiger partial charge in [0.2, 0.25) is 0 Å². The molecule has 2 rings (SSSR count). The lowest BCUT2D eigenvalue weighted by Crippen LogP contribution is -2.44. The zero-order valence-corrected chi connectivity index (χ0v) is 10.2. The number of hydrazine groups is 1. The highest BCUT2D eigenvalue weighted by atomic mass is 15.3. The summed E-state index contributed by atoms with van der Waals surface area (Å²) in [5.74, 6) is 6.02. The van der Waals surface area contributed by atoms with E-state index in [0.717, 1.165) is 32.0 Å². The Morgan fingerprint density at radius 1 is 1.29 bits per heavy atom. The highest BCUT2D eigenvalue weighted by molar-refractivity contribution is 5.49. The second-order valence-electron chi connectivity index (χ2n) is 4.25. The van der Waals surface area contributed by atoms with Gasteiger partial charge in [0.1, 0.15) is 5.82 Å². The molecule has 2 heterocycles. The highest BCUT2D eigenvalue weighted by Crippen LogP contribution is 2.16. The third kappa shape index (κ3) is 3.29. The Hall–Kier alpha value is -1.37. The molecule has 0 spiro atoms. The van der Waals surface area contributed by atoms with Gasteiger partial charge >= 0.3 is 0 Å². The minimum absolute atomic E-state index is 0.515. The molecule has 0 aliphatic carbocycles. The highest BCUT2D eigenvalue weighted by Gasteiger charge is 2.14. The molecule has 4 N–H and O–H groups in total. The van der Waals surface area contributed by atoms with Gasteiger partial charge in [-0.15, -0.1) is 0 Å². The van der Waals surface area contributed by atoms with E-state index in [1.807, 2.05) is 12.3 Å². The summed E-state index contributed by atoms with van der Waals surface area (Å²) >= 11 is 0. The van der Waals surface area contributed by atoms with Crippen molar-refractivity contribution in [2.75, 3.05) is 50.1 Å². The number of nitrogens with two attached hydrogens (primary N) is 1. The number of aromatic nitrogens is 1. The summed E-state index contributed by atoms with van der Waals surface area (Å²) in [6.07, 6.45) is 1.91. The fourth-order valence-corrected chi connectivity index (χ4v) is 1.88. The number of anilines is 2. The first-order chi connectivity index (χ1) is 8.29. The Morgan fingerprint density at radius 2 is 2.06 bits per heavy atom. The predicted octanol–water partition coefficient (Wildman–Crippen LogP) is -0.334. The third-order valence-corrected chi connectivity index (χ3v) is 2.99. The van der Waals surface area contributed by atoms with Crippen LogP contribution in [0, 0.1) is 0 Å². The van der Waals surface area contributed by atoms with Crippen molar-refractivity contribution >= 4 is 11.5 Å². The molecule has 0 saturated carbocycles. The minimum atomic E-state index is 0.515. The zero-order valence-electron chi connectivity index (χ0n) is 10.2. The lowest BCUT2D eigenvalue weighted by atomic mass is 10.3. The number of hydrogen-bond acceptors (Lipinski definition) is 6. The van der Waals surface area contributed by atoms with Crippen LogP contribution in [-0.2, 0) is 0 Å². The van der Waals surface area contributed by atoms with Gasteiger partial charge in [-0.1, -0.05) is 0 Å². The zero-order chi connectivity index (χ0) is 12.1. The lowest BCUT2D eigenvalue weighted by Gasteiger charge is -2.33. The van der Waals surface area contributed by atoms with Crippen LogP contribution in [0.4, 0.5) is 11.5 Å². The molecule has 1 aromatic heterocycles. The van der Waals surface area contributed by atoms with Gasteiger partial charge in [0.15, 0.2) is 0 Å². The molecule has 1 fully saturated rings. The average molecular weight is 236 g/mol. The van der Waals surface area contributed by atoms with E-state index in [4.69, 9.17) is 5.84 Å². The van der Waals surface area contributed by atoms with Crippen LogP contribution in [0.5, 0.6) is 0 Å². The van der Waals surface area contributed by atoms with Gasteiger partial charge in [-0.05, 0) is 19.2 Å². The van der Waals surface area contributed by atoms with E-state index in [1.165, 1.54) is 5.69 Å². The number of piperazine rings is 1. The first-order valence-electron chi connectivity index (χ1n) is 5.86. The van der Waals surface area contributed by atoms with Crippen LogP contribution in [0.3, 0.4) is 0 Å². The number of nitrogens with one attached hydrogen (secondary N) is 2. The van der Waals surface area contributed by atoms with Crippen molar-refractivity contribution in [1.82, 2.24) is 15.3 Å². The number of pyridine rings is 1. The summed E-state index contributed by atoms with van der Waals surface area (Å²) in [6.45, 7) is 4.86. The molecule has 17 heavy (non-hydrogen) atoms. The molecular weight excluding hydrogens is 216 g/mol. The molecule has 6 nitrogen and oxygen atoms in total. The summed E-state index contributed by atoms with van der Waals surface area (Å²) in [7, 11) is 2.16. The second-order valence-corrected chi connectivity index (χ2v) is 4.25. The van der Waals surface area contributed by atoms with Crippen molar-refractivity contribution in [3.8, 4) is 0 Å². The van der Waals surface area contributed by atoms with Gasteiger partial charge in [-0.3, -0.25) is 5.84 Å². The van der Waals surface area contributed by atoms with E-state index >= 15 is 0 Å². The summed E-state index contributed by atoms with van der Waals surface area (Å²) in [6, 6.07) is 4.07. The Morgan fingerprint density at radius 3 is 2.65 bits per heavy atom. The summed E-state index contributed by atoms with van der Waals surface area (Å²) in [5, 5.41) is 3.06. The van der Waals surface area contributed by atoms with Gasteiger partial charge < -0.3 is 15.1 Å². The van der Waals surface area contributed by atoms with Crippen LogP contribution in [0.1, 0.15) is 0 Å². The monoisotopic (exact) mass is 236 g/mol. The normalized spacial score (nSPS) is 17.2. The molecule has 0 amide bonds. The summed E-state index contributed by atoms with van der Waals surface area (Å²) in [4.78, 5) is 9.05. The Balaban J connectivity index is 1.93. The molecule has 0 unspecified atom stereocenters. The summed E-state index contributed by atoms with van der Waals surface area (Å²) in [5.41, 5.74) is 3.72. The maximum Gasteiger partial charge on any atom is 0.127 e. The van der Waals surface area contributed by atoms with E-state index in [9.17, 15) is 0 Å². The van der Waals surface area contributed by atoms with Crippen molar-refractivity contribution < 1.29 is 0 Å². The van der Waals surface area contributed by atoms with Crippen LogP contribution in [0.15, 0.2) is 18.3 Å². The SMILES string of the molecule is CN1CCN(c2ccc(NCNN)nc2)CC1. The van der Waals surface area contributed by atoms with E-state index in [1.54, 1.807) is 0 Å². The predicted molar refractivity (Wildman–Crippen MR) is 69.8 cm³/mol. The number of likely N-dealkylation sites (N-methyl/N-ethyl adjacent to an activating group) is 1. The first kappa shape index (κ1) is 12.1. The number of nitrogens with zero attached hydrogens (tertiary/aromatic N) is 3. The quantitative estimate of drug-likeness (QED) is 0.378. The van der Waals surface area contributed by atoms with E-state index in [0.29, 0.717) is 6.67 Å². The van der Waals surface area contributed by atoms with Gasteiger partial charge in [0.25, 0.3) is 0 Å². The molecule has 1 aliphatic rings. The molecular formula is C11H20N6. The van der Waals surface area contributed by atoms with Crippen molar-refractivity contribution in [2.45, 2.75) is 0 Å². The molecule has 0 radical (unpaired) electrons. The smallest absolute Gasteiger partial charge is 0.127 e. The van der Waals surface area contributed by atoms with E-state index in [-0.39, 0.29) is 0 Å². The fraction of sp³-hybridized carbons (Fsp3) is 0.545. The lowest BCUT2D eigenvalue weighted by molar-refractivity contribution is 0.313. The van der Waals surface area contributed by atoms with Gasteiger partial charge in [0.05, 0.1) is 18.6 Å². The topological polar surface area (TPSA) is 69.5 Å². The number of hydrogen-bond donors (Lipinski definition) is 3. The molecule has 0 atom stereocenters. The van der Waals surface area contributed by atoms with Crippen molar-refractivity contribution in [3.63, 3.8) is 0 Å². The van der Waals surface area contributed by atoms with Crippen LogP contribution in [0.2, 0.25) is 0 Å². The molecule has 1 aromatic rings. The number of rotatable bonds is 4. The van der Waals surface area contributed by atoms with Gasteiger partial charge in [-0.2, -0.15) is 0 Å². The molecule has 0 bridgehead atoms. The standard InChI is InChI=1S/C11H20N6/c1-16-4-6-17(7-5-16)10-2-3-11(13-8-10)14-9-15-12/h2-3,8,15H,4-7,9,12H2,1H3,(H,13,14). The summed E-state index contributed by atoms with van der Waals surface area (Å²) < 4.78 is 0. The van der Waals surface area contributed by atoms with Crippen LogP contribution in [0.25, 0.3) is 0 Å². The second kappa shape index (κ2) is 5.81. The Bertz CT molecular complexity index is 330. The molecule has 6 heteroatoms. The maximum absolute atomic E-state index is 5.18. The van der Waals surface area contributed by atoms with Gasteiger partial charge in [0, 0.05) is 26.2 Å². The molecule has 1 saturated heterocycles. The first-order valence-corrected chi connectivity index (χ1v) is 5.86. The maximum atomic E-state index is 5.18. The van der Waals surface area contributed by atoms with Crippen molar-refractivity contribution in [3.05, 3.63) is 18.3 Å².